The number of carbonyl (C=O) groups is 2. The number of hydrogen-bond donors (Lipinski definition) is 2. The fourth-order valence-electron chi connectivity index (χ4n) is 1.58. The Balaban J connectivity index is 0.000000648. The number of esters is 2. The van der Waals surface area contributed by atoms with E-state index in [2.05, 4.69) is 14.5 Å². The molecule has 0 unspecified atom stereocenters. The van der Waals surface area contributed by atoms with E-state index in [4.69, 9.17) is 11.5 Å². The predicted octanol–water partition coefficient (Wildman–Crippen LogP) is 1.11. The fourth-order valence-corrected chi connectivity index (χ4v) is 1.58. The standard InChI is InChI=1S/C13H9F2NO4.C2H8N2/c1-6-16-11(13(18)19-6)5-8-3-9(14)12(10(15)4-8)20-7(2)17;3-1-2-4/h3-5H,1-2H3;1-4H2/b11-5+;. The number of nitrogens with zero attached hydrogens (tertiary/aromatic N) is 1. The lowest BCUT2D eigenvalue weighted by Gasteiger charge is -2.05. The molecule has 0 fully saturated rings. The van der Waals surface area contributed by atoms with Gasteiger partial charge in [0.25, 0.3) is 0 Å². The van der Waals surface area contributed by atoms with Gasteiger partial charge in [-0.15, -0.1) is 0 Å². The van der Waals surface area contributed by atoms with Crippen LogP contribution in [0.2, 0.25) is 0 Å². The smallest absolute Gasteiger partial charge is 0.363 e. The van der Waals surface area contributed by atoms with Gasteiger partial charge in [-0.25, -0.2) is 18.6 Å². The summed E-state index contributed by atoms with van der Waals surface area (Å²) in [5.41, 5.74) is 9.79. The van der Waals surface area contributed by atoms with Crippen LogP contribution >= 0.6 is 0 Å². The summed E-state index contributed by atoms with van der Waals surface area (Å²) in [6, 6.07) is 1.84. The maximum absolute atomic E-state index is 13.6. The van der Waals surface area contributed by atoms with Crippen LogP contribution in [0.4, 0.5) is 8.78 Å². The molecule has 24 heavy (non-hydrogen) atoms. The van der Waals surface area contributed by atoms with Crippen molar-refractivity contribution in [1.29, 1.82) is 0 Å². The van der Waals surface area contributed by atoms with Crippen molar-refractivity contribution >= 4 is 23.9 Å². The zero-order chi connectivity index (χ0) is 18.3. The molecule has 0 bridgehead atoms. The van der Waals surface area contributed by atoms with Crippen molar-refractivity contribution < 1.29 is 27.8 Å². The molecule has 4 N–H and O–H groups in total. The number of carbonyl (C=O) groups excluding carboxylic acids is 2. The summed E-state index contributed by atoms with van der Waals surface area (Å²) in [5.74, 6) is -4.29. The summed E-state index contributed by atoms with van der Waals surface area (Å²) in [7, 11) is 0. The maximum Gasteiger partial charge on any atom is 0.363 e. The molecule has 0 saturated heterocycles. The van der Waals surface area contributed by atoms with Crippen LogP contribution in [0, 0.1) is 11.6 Å². The lowest BCUT2D eigenvalue weighted by atomic mass is 10.1. The summed E-state index contributed by atoms with van der Waals surface area (Å²) in [6.45, 7) is 3.70. The maximum atomic E-state index is 13.6. The number of nitrogens with two attached hydrogens (primary N) is 2. The van der Waals surface area contributed by atoms with Gasteiger partial charge >= 0.3 is 11.9 Å². The lowest BCUT2D eigenvalue weighted by Crippen LogP contribution is -2.11. The number of aliphatic imine (C=N–C) groups is 1. The summed E-state index contributed by atoms with van der Waals surface area (Å²) in [5, 5.41) is 0. The SMILES string of the molecule is CC(=O)Oc1c(F)cc(/C=C2/N=C(C)OC2=O)cc1F.NCCN. The molecule has 1 aliphatic rings. The van der Waals surface area contributed by atoms with Gasteiger partial charge in [0.05, 0.1) is 0 Å². The third kappa shape index (κ3) is 5.52. The highest BCUT2D eigenvalue weighted by atomic mass is 19.1. The monoisotopic (exact) mass is 341 g/mol. The number of benzene rings is 1. The Morgan fingerprint density at radius 3 is 2.21 bits per heavy atom. The molecule has 1 aromatic rings. The van der Waals surface area contributed by atoms with Crippen LogP contribution in [-0.2, 0) is 14.3 Å². The third-order valence-corrected chi connectivity index (χ3v) is 2.46. The molecule has 9 heteroatoms. The number of halogens is 2. The lowest BCUT2D eigenvalue weighted by molar-refractivity contribution is -0.132. The predicted molar refractivity (Wildman–Crippen MR) is 83.0 cm³/mol. The van der Waals surface area contributed by atoms with Crippen LogP contribution in [0.15, 0.2) is 22.8 Å². The second-order valence-electron chi connectivity index (χ2n) is 4.53. The highest BCUT2D eigenvalue weighted by Crippen LogP contribution is 2.25. The van der Waals surface area contributed by atoms with E-state index >= 15 is 0 Å². The number of hydrogen-bond acceptors (Lipinski definition) is 7. The van der Waals surface area contributed by atoms with Crippen molar-refractivity contribution in [2.24, 2.45) is 16.5 Å². The zero-order valence-electron chi connectivity index (χ0n) is 13.1. The van der Waals surface area contributed by atoms with Crippen LogP contribution in [0.5, 0.6) is 5.75 Å². The van der Waals surface area contributed by atoms with Gasteiger partial charge in [-0.1, -0.05) is 0 Å². The highest BCUT2D eigenvalue weighted by molar-refractivity contribution is 6.06. The Bertz CT molecular complexity index is 677. The highest BCUT2D eigenvalue weighted by Gasteiger charge is 2.20. The zero-order valence-corrected chi connectivity index (χ0v) is 13.1. The van der Waals surface area contributed by atoms with Crippen LogP contribution < -0.4 is 16.2 Å². The molecular formula is C15H17F2N3O4. The van der Waals surface area contributed by atoms with Crippen LogP contribution in [0.1, 0.15) is 19.4 Å². The molecule has 0 aliphatic carbocycles. The largest absolute Gasteiger partial charge is 0.420 e. The molecule has 130 valence electrons. The molecule has 2 rings (SSSR count). The second kappa shape index (κ2) is 8.85. The van der Waals surface area contributed by atoms with Crippen LogP contribution in [-0.4, -0.2) is 30.9 Å². The molecule has 0 atom stereocenters. The van der Waals surface area contributed by atoms with Crippen molar-refractivity contribution in [3.63, 3.8) is 0 Å². The van der Waals surface area contributed by atoms with Crippen molar-refractivity contribution in [3.05, 3.63) is 35.0 Å². The average Bonchev–Trinajstić information content (AvgIpc) is 2.81. The Morgan fingerprint density at radius 1 is 1.29 bits per heavy atom. The molecule has 1 aromatic carbocycles. The summed E-state index contributed by atoms with van der Waals surface area (Å²) >= 11 is 0. The van der Waals surface area contributed by atoms with Crippen LogP contribution in [0.25, 0.3) is 6.08 Å². The first-order chi connectivity index (χ1) is 11.3. The van der Waals surface area contributed by atoms with Crippen molar-refractivity contribution in [2.75, 3.05) is 13.1 Å². The second-order valence-corrected chi connectivity index (χ2v) is 4.53. The summed E-state index contributed by atoms with van der Waals surface area (Å²) < 4.78 is 36.3. The minimum absolute atomic E-state index is 0.0568. The Morgan fingerprint density at radius 2 is 1.83 bits per heavy atom. The molecular weight excluding hydrogens is 324 g/mol. The van der Waals surface area contributed by atoms with Crippen molar-refractivity contribution in [1.82, 2.24) is 0 Å². The minimum atomic E-state index is -1.06. The summed E-state index contributed by atoms with van der Waals surface area (Å²) in [4.78, 5) is 25.8. The Kier molecular flexibility index (Phi) is 7.15. The molecule has 0 saturated carbocycles. The van der Waals surface area contributed by atoms with Gasteiger partial charge in [0.1, 0.15) is 0 Å². The third-order valence-electron chi connectivity index (χ3n) is 2.46. The van der Waals surface area contributed by atoms with Gasteiger partial charge in [-0.3, -0.25) is 4.79 Å². The molecule has 0 aromatic heterocycles. The molecule has 0 amide bonds. The Labute approximate surface area is 136 Å². The molecule has 7 nitrogen and oxygen atoms in total. The van der Waals surface area contributed by atoms with E-state index < -0.39 is 29.3 Å². The number of cyclic esters (lactones) is 1. The number of rotatable bonds is 3. The quantitative estimate of drug-likeness (QED) is 0.483. The van der Waals surface area contributed by atoms with Gasteiger partial charge in [-0.2, -0.15) is 0 Å². The van der Waals surface area contributed by atoms with E-state index in [0.29, 0.717) is 13.1 Å². The van der Waals surface area contributed by atoms with Crippen LogP contribution in [0.3, 0.4) is 0 Å². The van der Waals surface area contributed by atoms with E-state index in [1.165, 1.54) is 13.0 Å². The van der Waals surface area contributed by atoms with E-state index in [-0.39, 0.29) is 17.2 Å². The van der Waals surface area contributed by atoms with Gasteiger partial charge in [-0.05, 0) is 23.8 Å². The van der Waals surface area contributed by atoms with E-state index in [9.17, 15) is 18.4 Å². The Hall–Kier alpha value is -2.65. The molecule has 1 aliphatic heterocycles. The van der Waals surface area contributed by atoms with Gasteiger partial charge < -0.3 is 20.9 Å². The fraction of sp³-hybridized carbons (Fsp3) is 0.267. The normalized spacial score (nSPS) is 14.7. The molecule has 0 spiro atoms. The number of ether oxygens (including phenoxy) is 2. The molecule has 1 heterocycles. The minimum Gasteiger partial charge on any atom is -0.420 e. The van der Waals surface area contributed by atoms with Crippen molar-refractivity contribution in [2.45, 2.75) is 13.8 Å². The van der Waals surface area contributed by atoms with Gasteiger partial charge in [0.2, 0.25) is 5.75 Å². The van der Waals surface area contributed by atoms with Gasteiger partial charge in [0.15, 0.2) is 23.2 Å². The first-order valence-electron chi connectivity index (χ1n) is 6.85. The topological polar surface area (TPSA) is 117 Å². The van der Waals surface area contributed by atoms with Gasteiger partial charge in [0, 0.05) is 26.9 Å². The average molecular weight is 341 g/mol. The van der Waals surface area contributed by atoms with Crippen molar-refractivity contribution in [3.8, 4) is 5.75 Å². The van der Waals surface area contributed by atoms with E-state index in [0.717, 1.165) is 19.1 Å². The first-order valence-corrected chi connectivity index (χ1v) is 6.85. The van der Waals surface area contributed by atoms with E-state index in [1.54, 1.807) is 0 Å². The van der Waals surface area contributed by atoms with E-state index in [1.807, 2.05) is 0 Å². The first kappa shape index (κ1) is 19.4. The molecule has 0 radical (unpaired) electrons. The summed E-state index contributed by atoms with van der Waals surface area (Å²) in [6.07, 6.45) is 1.17.